The summed E-state index contributed by atoms with van der Waals surface area (Å²) in [7, 11) is 0. The Labute approximate surface area is 147 Å². The number of nitrogens with one attached hydrogen (secondary N) is 1. The van der Waals surface area contributed by atoms with E-state index >= 15 is 0 Å². The molecular weight excluding hydrogens is 350 g/mol. The van der Waals surface area contributed by atoms with Gasteiger partial charge in [0.05, 0.1) is 11.5 Å². The Bertz CT molecular complexity index is 659. The minimum Gasteiger partial charge on any atom is -0.353 e. The van der Waals surface area contributed by atoms with Crippen molar-refractivity contribution in [3.05, 3.63) is 35.9 Å². The highest BCUT2D eigenvalue weighted by molar-refractivity contribution is 8.03. The maximum Gasteiger partial charge on any atom is 0.230 e. The van der Waals surface area contributed by atoms with Crippen LogP contribution in [-0.2, 0) is 4.79 Å². The summed E-state index contributed by atoms with van der Waals surface area (Å²) in [5.74, 6) is 0.697. The Morgan fingerprint density at radius 2 is 1.70 bits per heavy atom. The predicted octanol–water partition coefficient (Wildman–Crippen LogP) is 3.13. The van der Waals surface area contributed by atoms with Crippen LogP contribution >= 0.6 is 34.9 Å². The van der Waals surface area contributed by atoms with Crippen LogP contribution < -0.4 is 5.32 Å². The number of Topliss-reactive ketones (excluding diaryl/α,β-unsaturated/α-hetero) is 1. The molecule has 0 aliphatic rings. The maximum absolute atomic E-state index is 12.0. The van der Waals surface area contributed by atoms with Crippen molar-refractivity contribution >= 4 is 46.6 Å². The van der Waals surface area contributed by atoms with Gasteiger partial charge >= 0.3 is 0 Å². The number of carbonyl (C=O) groups is 2. The molecule has 0 aliphatic heterocycles. The van der Waals surface area contributed by atoms with E-state index in [0.29, 0.717) is 17.1 Å². The molecule has 0 aliphatic carbocycles. The molecule has 1 amide bonds. The van der Waals surface area contributed by atoms with Gasteiger partial charge in [0.1, 0.15) is 0 Å². The van der Waals surface area contributed by atoms with Crippen LogP contribution in [0.4, 0.5) is 0 Å². The van der Waals surface area contributed by atoms with Gasteiger partial charge in [-0.1, -0.05) is 65.2 Å². The molecule has 1 aromatic carbocycles. The molecule has 1 heterocycles. The van der Waals surface area contributed by atoms with Gasteiger partial charge in [0.25, 0.3) is 0 Å². The van der Waals surface area contributed by atoms with Gasteiger partial charge in [-0.3, -0.25) is 9.59 Å². The van der Waals surface area contributed by atoms with Crippen LogP contribution in [0.25, 0.3) is 0 Å². The van der Waals surface area contributed by atoms with E-state index in [1.165, 1.54) is 34.9 Å². The molecule has 0 spiro atoms. The molecule has 8 heteroatoms. The molecule has 2 aromatic rings. The second-order valence-electron chi connectivity index (χ2n) is 4.92. The van der Waals surface area contributed by atoms with Crippen molar-refractivity contribution in [2.75, 3.05) is 11.5 Å². The van der Waals surface area contributed by atoms with Crippen LogP contribution in [0.5, 0.6) is 0 Å². The van der Waals surface area contributed by atoms with Crippen LogP contribution in [-0.4, -0.2) is 39.4 Å². The van der Waals surface area contributed by atoms with Crippen molar-refractivity contribution in [3.63, 3.8) is 0 Å². The molecule has 5 nitrogen and oxygen atoms in total. The summed E-state index contributed by atoms with van der Waals surface area (Å²) in [5, 5.41) is 10.9. The maximum atomic E-state index is 12.0. The van der Waals surface area contributed by atoms with E-state index < -0.39 is 0 Å². The fourth-order valence-electron chi connectivity index (χ4n) is 1.64. The van der Waals surface area contributed by atoms with Gasteiger partial charge in [0.15, 0.2) is 14.5 Å². The van der Waals surface area contributed by atoms with Crippen molar-refractivity contribution in [3.8, 4) is 0 Å². The first kappa shape index (κ1) is 18.0. The lowest BCUT2D eigenvalue weighted by molar-refractivity contribution is -0.119. The second kappa shape index (κ2) is 9.05. The van der Waals surface area contributed by atoms with Crippen molar-refractivity contribution in [2.45, 2.75) is 28.6 Å². The summed E-state index contributed by atoms with van der Waals surface area (Å²) in [4.78, 5) is 23.6. The number of ketones is 1. The molecule has 0 radical (unpaired) electrons. The van der Waals surface area contributed by atoms with E-state index in [4.69, 9.17) is 0 Å². The summed E-state index contributed by atoms with van der Waals surface area (Å²) in [5.41, 5.74) is 0.699. The third kappa shape index (κ3) is 6.32. The third-order valence-electron chi connectivity index (χ3n) is 2.59. The zero-order chi connectivity index (χ0) is 16.7. The van der Waals surface area contributed by atoms with Gasteiger partial charge in [-0.2, -0.15) is 0 Å². The molecule has 0 fully saturated rings. The van der Waals surface area contributed by atoms with Crippen LogP contribution in [0.1, 0.15) is 24.2 Å². The Morgan fingerprint density at radius 1 is 1.09 bits per heavy atom. The van der Waals surface area contributed by atoms with Crippen LogP contribution in [0, 0.1) is 0 Å². The number of hydrogen-bond donors (Lipinski definition) is 1. The van der Waals surface area contributed by atoms with Gasteiger partial charge < -0.3 is 5.32 Å². The van der Waals surface area contributed by atoms with Crippen molar-refractivity contribution < 1.29 is 9.59 Å². The highest BCUT2D eigenvalue weighted by Gasteiger charge is 2.11. The number of benzene rings is 1. The minimum atomic E-state index is -0.0198. The van der Waals surface area contributed by atoms with Crippen molar-refractivity contribution in [1.29, 1.82) is 0 Å². The third-order valence-corrected chi connectivity index (χ3v) is 5.78. The number of thioether (sulfide) groups is 2. The van der Waals surface area contributed by atoms with Gasteiger partial charge in [-0.25, -0.2) is 0 Å². The Balaban J connectivity index is 1.78. The monoisotopic (exact) mass is 367 g/mol. The molecule has 23 heavy (non-hydrogen) atoms. The van der Waals surface area contributed by atoms with Gasteiger partial charge in [0.2, 0.25) is 5.91 Å². The standard InChI is InChI=1S/C15H17N3O2S3/c1-10(2)16-13(20)9-22-15-18-17-14(23-15)21-8-12(19)11-6-4-3-5-7-11/h3-7,10H,8-9H2,1-2H3,(H,16,20). The number of nitrogens with zero attached hydrogens (tertiary/aromatic N) is 2. The molecular formula is C15H17N3O2S3. The number of hydrogen-bond acceptors (Lipinski definition) is 7. The lowest BCUT2D eigenvalue weighted by Crippen LogP contribution is -2.31. The van der Waals surface area contributed by atoms with Gasteiger partial charge in [-0.15, -0.1) is 10.2 Å². The van der Waals surface area contributed by atoms with Crippen LogP contribution in [0.2, 0.25) is 0 Å². The molecule has 1 aromatic heterocycles. The van der Waals surface area contributed by atoms with E-state index in [9.17, 15) is 9.59 Å². The molecule has 0 bridgehead atoms. The van der Waals surface area contributed by atoms with Crippen molar-refractivity contribution in [2.24, 2.45) is 0 Å². The lowest BCUT2D eigenvalue weighted by atomic mass is 10.2. The molecule has 122 valence electrons. The highest BCUT2D eigenvalue weighted by Crippen LogP contribution is 2.29. The smallest absolute Gasteiger partial charge is 0.230 e. The molecule has 0 atom stereocenters. The molecule has 1 N–H and O–H groups in total. The first-order valence-corrected chi connectivity index (χ1v) is 9.80. The SMILES string of the molecule is CC(C)NC(=O)CSc1nnc(SCC(=O)c2ccccc2)s1. The van der Waals surface area contributed by atoms with E-state index in [0.717, 1.165) is 8.68 Å². The van der Waals surface area contributed by atoms with E-state index in [1.807, 2.05) is 32.0 Å². The van der Waals surface area contributed by atoms with Crippen LogP contribution in [0.3, 0.4) is 0 Å². The number of carbonyl (C=O) groups excluding carboxylic acids is 2. The van der Waals surface area contributed by atoms with E-state index in [1.54, 1.807) is 12.1 Å². The largest absolute Gasteiger partial charge is 0.353 e. The molecule has 0 saturated carbocycles. The number of amides is 1. The topological polar surface area (TPSA) is 72.0 Å². The Morgan fingerprint density at radius 3 is 2.30 bits per heavy atom. The van der Waals surface area contributed by atoms with Gasteiger partial charge in [-0.05, 0) is 13.8 Å². The highest BCUT2D eigenvalue weighted by atomic mass is 32.2. The average Bonchev–Trinajstić information content (AvgIpc) is 2.99. The molecule has 0 unspecified atom stereocenters. The Kier molecular flexibility index (Phi) is 7.07. The zero-order valence-electron chi connectivity index (χ0n) is 12.8. The van der Waals surface area contributed by atoms with E-state index in [-0.39, 0.29) is 17.7 Å². The summed E-state index contributed by atoms with van der Waals surface area (Å²) < 4.78 is 1.47. The fraction of sp³-hybridized carbons (Fsp3) is 0.333. The average molecular weight is 368 g/mol. The predicted molar refractivity (Wildman–Crippen MR) is 95.4 cm³/mol. The number of aromatic nitrogens is 2. The quantitative estimate of drug-likeness (QED) is 0.571. The first-order valence-electron chi connectivity index (χ1n) is 7.01. The van der Waals surface area contributed by atoms with Crippen molar-refractivity contribution in [1.82, 2.24) is 15.5 Å². The zero-order valence-corrected chi connectivity index (χ0v) is 15.3. The normalized spacial score (nSPS) is 10.7. The second-order valence-corrected chi connectivity index (χ2v) is 8.35. The summed E-state index contributed by atoms with van der Waals surface area (Å²) >= 11 is 4.13. The van der Waals surface area contributed by atoms with E-state index in [2.05, 4.69) is 15.5 Å². The Hall–Kier alpha value is -1.38. The van der Waals surface area contributed by atoms with Gasteiger partial charge in [0, 0.05) is 11.6 Å². The lowest BCUT2D eigenvalue weighted by Gasteiger charge is -2.06. The minimum absolute atomic E-state index is 0.0198. The summed E-state index contributed by atoms with van der Waals surface area (Å²) in [6, 6.07) is 9.32. The molecule has 2 rings (SSSR count). The van der Waals surface area contributed by atoms with Crippen LogP contribution in [0.15, 0.2) is 39.0 Å². The summed E-state index contributed by atoms with van der Waals surface area (Å²) in [6.45, 7) is 3.85. The first-order chi connectivity index (χ1) is 11.0. The molecule has 0 saturated heterocycles. The fourth-order valence-corrected chi connectivity index (χ4v) is 4.37. The summed E-state index contributed by atoms with van der Waals surface area (Å²) in [6.07, 6.45) is 0. The number of rotatable bonds is 8.